The highest BCUT2D eigenvalue weighted by atomic mass is 16.7. The van der Waals surface area contributed by atoms with Crippen molar-refractivity contribution in [2.75, 3.05) is 26.5 Å². The van der Waals surface area contributed by atoms with Gasteiger partial charge in [0.05, 0.1) is 19.7 Å². The average Bonchev–Trinajstić information content (AvgIpc) is 3.14. The van der Waals surface area contributed by atoms with Gasteiger partial charge in [-0.2, -0.15) is 0 Å². The van der Waals surface area contributed by atoms with Gasteiger partial charge in [-0.05, 0) is 24.3 Å². The van der Waals surface area contributed by atoms with Crippen LogP contribution in [0.2, 0.25) is 0 Å². The number of carbonyl (C=O) groups is 1. The van der Waals surface area contributed by atoms with Crippen LogP contribution in [-0.2, 0) is 4.74 Å². The molecule has 1 spiro atoms. The number of hydrogen-bond acceptors (Lipinski definition) is 7. The van der Waals surface area contributed by atoms with Crippen molar-refractivity contribution >= 4 is 5.91 Å². The Morgan fingerprint density at radius 1 is 1.19 bits per heavy atom. The summed E-state index contributed by atoms with van der Waals surface area (Å²) in [4.78, 5) is 22.8. The summed E-state index contributed by atoms with van der Waals surface area (Å²) in [6.45, 7) is 1.90. The van der Waals surface area contributed by atoms with Crippen LogP contribution in [0, 0.1) is 0 Å². The van der Waals surface area contributed by atoms with Gasteiger partial charge in [-0.1, -0.05) is 0 Å². The van der Waals surface area contributed by atoms with Crippen molar-refractivity contribution in [3.63, 3.8) is 0 Å². The molecule has 8 heteroatoms. The van der Waals surface area contributed by atoms with E-state index in [1.54, 1.807) is 41.6 Å². The molecule has 0 N–H and O–H groups in total. The smallest absolute Gasteiger partial charge is 0.316 e. The lowest BCUT2D eigenvalue weighted by Gasteiger charge is -2.52. The Kier molecular flexibility index (Phi) is 3.86. The lowest BCUT2D eigenvalue weighted by Crippen LogP contribution is -2.67. The summed E-state index contributed by atoms with van der Waals surface area (Å²) < 4.78 is 22.5. The van der Waals surface area contributed by atoms with E-state index in [1.165, 1.54) is 0 Å². The molecule has 1 unspecified atom stereocenters. The van der Waals surface area contributed by atoms with Crippen LogP contribution in [-0.4, -0.2) is 59.0 Å². The molecule has 3 aliphatic heterocycles. The van der Waals surface area contributed by atoms with Gasteiger partial charge in [0.1, 0.15) is 11.7 Å². The third-order valence-corrected chi connectivity index (χ3v) is 5.13. The van der Waals surface area contributed by atoms with E-state index < -0.39 is 0 Å². The van der Waals surface area contributed by atoms with E-state index in [2.05, 4.69) is 9.97 Å². The average molecular weight is 369 g/mol. The first-order valence-corrected chi connectivity index (χ1v) is 8.97. The minimum atomic E-state index is -0.344. The number of benzene rings is 1. The maximum Gasteiger partial charge on any atom is 0.316 e. The van der Waals surface area contributed by atoms with Gasteiger partial charge in [-0.25, -0.2) is 9.97 Å². The molecule has 2 saturated heterocycles. The van der Waals surface area contributed by atoms with Gasteiger partial charge in [0, 0.05) is 30.8 Å². The summed E-state index contributed by atoms with van der Waals surface area (Å²) in [7, 11) is 0. The fraction of sp³-hybridized carbons (Fsp3) is 0.421. The Morgan fingerprint density at radius 3 is 2.85 bits per heavy atom. The van der Waals surface area contributed by atoms with E-state index in [1.807, 2.05) is 0 Å². The zero-order chi connectivity index (χ0) is 18.3. The third-order valence-electron chi connectivity index (χ3n) is 5.13. The molecule has 1 aromatic heterocycles. The Balaban J connectivity index is 1.22. The lowest BCUT2D eigenvalue weighted by molar-refractivity contribution is -0.174. The summed E-state index contributed by atoms with van der Waals surface area (Å²) in [5.41, 5.74) is 0.249. The largest absolute Gasteiger partial charge is 0.460 e. The van der Waals surface area contributed by atoms with Crippen molar-refractivity contribution in [2.45, 2.75) is 24.5 Å². The van der Waals surface area contributed by atoms with Crippen LogP contribution in [0.3, 0.4) is 0 Å². The molecule has 0 bridgehead atoms. The Hall–Kier alpha value is -2.87. The molecule has 0 radical (unpaired) electrons. The van der Waals surface area contributed by atoms with Gasteiger partial charge < -0.3 is 23.8 Å². The molecule has 1 aromatic carbocycles. The molecule has 1 atom stereocenters. The van der Waals surface area contributed by atoms with Crippen molar-refractivity contribution in [1.29, 1.82) is 0 Å². The van der Waals surface area contributed by atoms with E-state index in [9.17, 15) is 4.79 Å². The maximum atomic E-state index is 12.7. The molecule has 2 aromatic rings. The van der Waals surface area contributed by atoms with Gasteiger partial charge in [0.2, 0.25) is 6.79 Å². The van der Waals surface area contributed by atoms with Crippen LogP contribution in [0.15, 0.2) is 36.7 Å². The number of carbonyl (C=O) groups excluding carboxylic acids is 1. The fourth-order valence-corrected chi connectivity index (χ4v) is 3.80. The second kappa shape index (κ2) is 6.38. The quantitative estimate of drug-likeness (QED) is 0.814. The lowest BCUT2D eigenvalue weighted by atomic mass is 9.84. The van der Waals surface area contributed by atoms with Crippen molar-refractivity contribution in [2.24, 2.45) is 0 Å². The highest BCUT2D eigenvalue weighted by Gasteiger charge is 2.50. The van der Waals surface area contributed by atoms with Crippen LogP contribution < -0.4 is 14.2 Å². The van der Waals surface area contributed by atoms with Crippen LogP contribution in [0.1, 0.15) is 23.2 Å². The molecule has 0 aliphatic carbocycles. The van der Waals surface area contributed by atoms with E-state index in [-0.39, 0.29) is 24.4 Å². The predicted molar refractivity (Wildman–Crippen MR) is 92.8 cm³/mol. The maximum absolute atomic E-state index is 12.7. The normalized spacial score (nSPS) is 22.4. The molecular formula is C19H19N3O5. The van der Waals surface area contributed by atoms with Gasteiger partial charge in [-0.3, -0.25) is 4.79 Å². The SMILES string of the molecule is O=C(c1ccc2c(c1)OCO2)N1CC2(CC(Oc3ncccn3)CCO2)C1. The zero-order valence-corrected chi connectivity index (χ0v) is 14.7. The molecule has 2 fully saturated rings. The Morgan fingerprint density at radius 2 is 2.00 bits per heavy atom. The van der Waals surface area contributed by atoms with Gasteiger partial charge in [-0.15, -0.1) is 0 Å². The molecule has 1 amide bonds. The summed E-state index contributed by atoms with van der Waals surface area (Å²) in [6.07, 6.45) is 4.81. The number of amides is 1. The first-order chi connectivity index (χ1) is 13.2. The first-order valence-electron chi connectivity index (χ1n) is 8.97. The first kappa shape index (κ1) is 16.3. The summed E-state index contributed by atoms with van der Waals surface area (Å²) >= 11 is 0. The number of rotatable bonds is 3. The standard InChI is InChI=1S/C19H19N3O5/c23-17(13-2-3-15-16(8-13)25-12-24-15)22-10-19(11-22)9-14(4-7-26-19)27-18-20-5-1-6-21-18/h1-3,5-6,8,14H,4,7,9-12H2. The van der Waals surface area contributed by atoms with E-state index in [4.69, 9.17) is 18.9 Å². The minimum absolute atomic E-state index is 0.0102. The van der Waals surface area contributed by atoms with Crippen molar-refractivity contribution in [3.05, 3.63) is 42.2 Å². The second-order valence-corrected chi connectivity index (χ2v) is 7.02. The van der Waals surface area contributed by atoms with Gasteiger partial charge in [0.25, 0.3) is 5.91 Å². The molecule has 5 rings (SSSR count). The monoisotopic (exact) mass is 369 g/mol. The van der Waals surface area contributed by atoms with Crippen LogP contribution >= 0.6 is 0 Å². The second-order valence-electron chi connectivity index (χ2n) is 7.02. The molecular weight excluding hydrogens is 350 g/mol. The number of likely N-dealkylation sites (tertiary alicyclic amines) is 1. The van der Waals surface area contributed by atoms with E-state index >= 15 is 0 Å². The minimum Gasteiger partial charge on any atom is -0.460 e. The molecule has 3 aliphatic rings. The number of ether oxygens (including phenoxy) is 4. The van der Waals surface area contributed by atoms with Crippen molar-refractivity contribution in [3.8, 4) is 17.5 Å². The van der Waals surface area contributed by atoms with Gasteiger partial charge in [0.15, 0.2) is 11.5 Å². The highest BCUT2D eigenvalue weighted by Crippen LogP contribution is 2.37. The summed E-state index contributed by atoms with van der Waals surface area (Å²) in [5.74, 6) is 1.25. The highest BCUT2D eigenvalue weighted by molar-refractivity contribution is 5.95. The fourth-order valence-electron chi connectivity index (χ4n) is 3.80. The third kappa shape index (κ3) is 3.06. The Labute approximate surface area is 156 Å². The topological polar surface area (TPSA) is 83.0 Å². The molecule has 8 nitrogen and oxygen atoms in total. The van der Waals surface area contributed by atoms with Crippen molar-refractivity contribution < 1.29 is 23.7 Å². The summed E-state index contributed by atoms with van der Waals surface area (Å²) in [6, 6.07) is 7.40. The summed E-state index contributed by atoms with van der Waals surface area (Å²) in [5, 5.41) is 0. The van der Waals surface area contributed by atoms with Gasteiger partial charge >= 0.3 is 6.01 Å². The van der Waals surface area contributed by atoms with Crippen LogP contribution in [0.25, 0.3) is 0 Å². The number of nitrogens with zero attached hydrogens (tertiary/aromatic N) is 3. The van der Waals surface area contributed by atoms with Crippen molar-refractivity contribution in [1.82, 2.24) is 14.9 Å². The van der Waals surface area contributed by atoms with E-state index in [0.717, 1.165) is 12.8 Å². The Bertz CT molecular complexity index is 854. The number of hydrogen-bond donors (Lipinski definition) is 0. The predicted octanol–water partition coefficient (Wildman–Crippen LogP) is 1.66. The molecule has 140 valence electrons. The van der Waals surface area contributed by atoms with Crippen LogP contribution in [0.4, 0.5) is 0 Å². The molecule has 0 saturated carbocycles. The number of fused-ring (bicyclic) bond motifs is 1. The van der Waals surface area contributed by atoms with E-state index in [0.29, 0.717) is 42.8 Å². The number of aromatic nitrogens is 2. The molecule has 4 heterocycles. The zero-order valence-electron chi connectivity index (χ0n) is 14.7. The van der Waals surface area contributed by atoms with Crippen LogP contribution in [0.5, 0.6) is 17.5 Å². The molecule has 27 heavy (non-hydrogen) atoms.